The largest absolute Gasteiger partial charge is 0.493 e. The Hall–Kier alpha value is -4.12. The molecule has 1 heterocycles. The van der Waals surface area contributed by atoms with Gasteiger partial charge in [0, 0.05) is 16.5 Å². The SMILES string of the molecule is COc1ccc(C(=O)c2c(/C=C/c3ccccc3)c3ccccc3oc2=O)cc1OC. The van der Waals surface area contributed by atoms with Crippen molar-refractivity contribution in [3.05, 3.63) is 105 Å². The molecule has 0 unspecified atom stereocenters. The van der Waals surface area contributed by atoms with E-state index >= 15 is 0 Å². The van der Waals surface area contributed by atoms with Crippen LogP contribution in [0.25, 0.3) is 23.1 Å². The Morgan fingerprint density at radius 1 is 0.839 bits per heavy atom. The second-order valence-corrected chi connectivity index (χ2v) is 6.82. The van der Waals surface area contributed by atoms with Crippen molar-refractivity contribution in [1.82, 2.24) is 0 Å². The molecule has 0 aliphatic rings. The molecular formula is C26H20O5. The monoisotopic (exact) mass is 412 g/mol. The molecule has 0 amide bonds. The van der Waals surface area contributed by atoms with Crippen molar-refractivity contribution >= 4 is 28.9 Å². The minimum absolute atomic E-state index is 0.0295. The Balaban J connectivity index is 1.91. The summed E-state index contributed by atoms with van der Waals surface area (Å²) in [5, 5.41) is 0.679. The molecule has 4 rings (SSSR count). The van der Waals surface area contributed by atoms with Crippen molar-refractivity contribution in [3.63, 3.8) is 0 Å². The molecule has 0 N–H and O–H groups in total. The number of para-hydroxylation sites is 1. The Morgan fingerprint density at radius 3 is 2.29 bits per heavy atom. The molecule has 0 saturated carbocycles. The molecule has 0 radical (unpaired) electrons. The summed E-state index contributed by atoms with van der Waals surface area (Å²) < 4.78 is 16.0. The van der Waals surface area contributed by atoms with Gasteiger partial charge in [-0.3, -0.25) is 4.79 Å². The fourth-order valence-corrected chi connectivity index (χ4v) is 3.43. The number of benzene rings is 3. The number of ketones is 1. The lowest BCUT2D eigenvalue weighted by atomic mass is 9.96. The lowest BCUT2D eigenvalue weighted by molar-refractivity contribution is 0.103. The van der Waals surface area contributed by atoms with Gasteiger partial charge < -0.3 is 13.9 Å². The predicted octanol–water partition coefficient (Wildman–Crippen LogP) is 5.21. The van der Waals surface area contributed by atoms with E-state index in [1.54, 1.807) is 36.4 Å². The van der Waals surface area contributed by atoms with Crippen LogP contribution < -0.4 is 15.1 Å². The average Bonchev–Trinajstić information content (AvgIpc) is 2.82. The van der Waals surface area contributed by atoms with Crippen LogP contribution in [-0.4, -0.2) is 20.0 Å². The van der Waals surface area contributed by atoms with Gasteiger partial charge in [0.1, 0.15) is 11.1 Å². The van der Waals surface area contributed by atoms with E-state index in [4.69, 9.17) is 13.9 Å². The highest BCUT2D eigenvalue weighted by molar-refractivity contribution is 6.13. The molecule has 0 aliphatic carbocycles. The quantitative estimate of drug-likeness (QED) is 0.321. The molecule has 1 aromatic heterocycles. The van der Waals surface area contributed by atoms with Gasteiger partial charge in [0.05, 0.1) is 14.2 Å². The van der Waals surface area contributed by atoms with Crippen molar-refractivity contribution in [2.75, 3.05) is 14.2 Å². The van der Waals surface area contributed by atoms with Gasteiger partial charge in [-0.15, -0.1) is 0 Å². The van der Waals surface area contributed by atoms with E-state index < -0.39 is 11.4 Å². The molecule has 0 fully saturated rings. The zero-order valence-corrected chi connectivity index (χ0v) is 17.1. The predicted molar refractivity (Wildman–Crippen MR) is 121 cm³/mol. The van der Waals surface area contributed by atoms with Crippen LogP contribution in [0.1, 0.15) is 27.0 Å². The third kappa shape index (κ3) is 3.98. The van der Waals surface area contributed by atoms with Crippen molar-refractivity contribution in [1.29, 1.82) is 0 Å². The molecule has 0 aliphatic heterocycles. The van der Waals surface area contributed by atoms with Crippen LogP contribution in [0, 0.1) is 0 Å². The third-order valence-electron chi connectivity index (χ3n) is 4.97. The van der Waals surface area contributed by atoms with Crippen molar-refractivity contribution in [2.24, 2.45) is 0 Å². The van der Waals surface area contributed by atoms with Crippen molar-refractivity contribution in [2.45, 2.75) is 0 Å². The zero-order valence-electron chi connectivity index (χ0n) is 17.1. The number of rotatable bonds is 6. The van der Waals surface area contributed by atoms with Crippen LogP contribution in [0.2, 0.25) is 0 Å². The highest BCUT2D eigenvalue weighted by Crippen LogP contribution is 2.30. The van der Waals surface area contributed by atoms with Gasteiger partial charge in [-0.05, 0) is 29.8 Å². The standard InChI is InChI=1S/C26H20O5/c1-29-22-15-13-18(16-23(22)30-2)25(27)24-20(14-12-17-8-4-3-5-9-17)19-10-6-7-11-21(19)31-26(24)28/h3-16H,1-2H3/b14-12+. The fourth-order valence-electron chi connectivity index (χ4n) is 3.43. The van der Waals surface area contributed by atoms with E-state index in [-0.39, 0.29) is 5.56 Å². The number of hydrogen-bond acceptors (Lipinski definition) is 5. The van der Waals surface area contributed by atoms with Crippen LogP contribution in [0.5, 0.6) is 11.5 Å². The van der Waals surface area contributed by atoms with Gasteiger partial charge in [-0.1, -0.05) is 60.7 Å². The van der Waals surface area contributed by atoms with Crippen LogP contribution in [-0.2, 0) is 0 Å². The molecule has 0 saturated heterocycles. The molecule has 3 aromatic carbocycles. The first-order chi connectivity index (χ1) is 15.1. The summed E-state index contributed by atoms with van der Waals surface area (Å²) in [7, 11) is 3.01. The first-order valence-corrected chi connectivity index (χ1v) is 9.68. The second kappa shape index (κ2) is 8.71. The maximum Gasteiger partial charge on any atom is 0.348 e. The maximum absolute atomic E-state index is 13.4. The van der Waals surface area contributed by atoms with Gasteiger partial charge in [0.15, 0.2) is 11.5 Å². The van der Waals surface area contributed by atoms with Crippen molar-refractivity contribution < 1.29 is 18.7 Å². The topological polar surface area (TPSA) is 65.7 Å². The molecule has 31 heavy (non-hydrogen) atoms. The Labute approximate surface area is 179 Å². The number of carbonyl (C=O) groups is 1. The minimum atomic E-state index is -0.689. The zero-order chi connectivity index (χ0) is 21.8. The Kier molecular flexibility index (Phi) is 5.67. The summed E-state index contributed by atoms with van der Waals surface area (Å²) in [4.78, 5) is 26.3. The first kappa shape index (κ1) is 20.2. The average molecular weight is 412 g/mol. The summed E-state index contributed by atoms with van der Waals surface area (Å²) in [6.07, 6.45) is 3.65. The van der Waals surface area contributed by atoms with E-state index in [1.165, 1.54) is 14.2 Å². The molecule has 0 bridgehead atoms. The Morgan fingerprint density at radius 2 is 1.55 bits per heavy atom. The summed E-state index contributed by atoms with van der Waals surface area (Å²) in [5.41, 5.74) is 1.46. The summed E-state index contributed by atoms with van der Waals surface area (Å²) in [6.45, 7) is 0. The lowest BCUT2D eigenvalue weighted by Crippen LogP contribution is -2.17. The maximum atomic E-state index is 13.4. The van der Waals surface area contributed by atoms with E-state index in [1.807, 2.05) is 48.5 Å². The molecule has 0 spiro atoms. The Bertz CT molecular complexity index is 1330. The normalized spacial score (nSPS) is 11.0. The highest BCUT2D eigenvalue weighted by atomic mass is 16.5. The molecule has 4 aromatic rings. The number of hydrogen-bond donors (Lipinski definition) is 0. The fraction of sp³-hybridized carbons (Fsp3) is 0.0769. The molecule has 5 heteroatoms. The number of methoxy groups -OCH3 is 2. The van der Waals surface area contributed by atoms with E-state index in [2.05, 4.69) is 0 Å². The molecule has 154 valence electrons. The first-order valence-electron chi connectivity index (χ1n) is 9.68. The minimum Gasteiger partial charge on any atom is -0.493 e. The summed E-state index contributed by atoms with van der Waals surface area (Å²) >= 11 is 0. The van der Waals surface area contributed by atoms with Gasteiger partial charge in [0.2, 0.25) is 5.78 Å². The van der Waals surface area contributed by atoms with Crippen molar-refractivity contribution in [3.8, 4) is 11.5 Å². The van der Waals surface area contributed by atoms with E-state index in [0.717, 1.165) is 5.56 Å². The highest BCUT2D eigenvalue weighted by Gasteiger charge is 2.22. The van der Waals surface area contributed by atoms with Gasteiger partial charge >= 0.3 is 5.63 Å². The number of fused-ring (bicyclic) bond motifs is 1. The van der Waals surface area contributed by atoms with Crippen LogP contribution in [0.15, 0.2) is 82.0 Å². The number of ether oxygens (including phenoxy) is 2. The summed E-state index contributed by atoms with van der Waals surface area (Å²) in [6, 6.07) is 21.6. The van der Waals surface area contributed by atoms with Gasteiger partial charge in [-0.2, -0.15) is 0 Å². The number of carbonyl (C=O) groups excluding carboxylic acids is 1. The van der Waals surface area contributed by atoms with Gasteiger partial charge in [-0.25, -0.2) is 4.79 Å². The van der Waals surface area contributed by atoms with Gasteiger partial charge in [0.25, 0.3) is 0 Å². The van der Waals surface area contributed by atoms with E-state index in [0.29, 0.717) is 33.6 Å². The van der Waals surface area contributed by atoms with Crippen LogP contribution in [0.3, 0.4) is 0 Å². The lowest BCUT2D eigenvalue weighted by Gasteiger charge is -2.11. The van der Waals surface area contributed by atoms with E-state index in [9.17, 15) is 9.59 Å². The second-order valence-electron chi connectivity index (χ2n) is 6.82. The molecular weight excluding hydrogens is 392 g/mol. The summed E-state index contributed by atoms with van der Waals surface area (Å²) in [5.74, 6) is 0.446. The molecule has 0 atom stereocenters. The van der Waals surface area contributed by atoms with Crippen LogP contribution >= 0.6 is 0 Å². The molecule has 5 nitrogen and oxygen atoms in total. The smallest absolute Gasteiger partial charge is 0.348 e. The third-order valence-corrected chi connectivity index (χ3v) is 4.97. The van der Waals surface area contributed by atoms with Crippen LogP contribution in [0.4, 0.5) is 0 Å².